The lowest BCUT2D eigenvalue weighted by Gasteiger charge is -2.13. The van der Waals surface area contributed by atoms with Crippen molar-refractivity contribution in [3.05, 3.63) is 53.6 Å². The highest BCUT2D eigenvalue weighted by Gasteiger charge is 2.15. The first kappa shape index (κ1) is 20.1. The molecule has 2 aromatic rings. The van der Waals surface area contributed by atoms with Crippen LogP contribution < -0.4 is 25.1 Å². The van der Waals surface area contributed by atoms with Gasteiger partial charge in [-0.05, 0) is 43.7 Å². The van der Waals surface area contributed by atoms with Gasteiger partial charge in [0, 0.05) is 5.56 Å². The molecule has 7 heteroatoms. The monoisotopic (exact) mass is 372 g/mol. The number of carbonyl (C=O) groups excluding carboxylic acids is 2. The number of hydrazine groups is 1. The zero-order chi connectivity index (χ0) is 19.6. The minimum Gasteiger partial charge on any atom is -0.493 e. The Hall–Kier alpha value is -3.22. The third-order valence-electron chi connectivity index (χ3n) is 3.61. The van der Waals surface area contributed by atoms with Gasteiger partial charge in [-0.25, -0.2) is 0 Å². The SMILES string of the molecule is CCCOc1ccc(C(=O)NNC(=O)c2ccccc2OCC)cc1OC. The summed E-state index contributed by atoms with van der Waals surface area (Å²) in [4.78, 5) is 24.7. The number of methoxy groups -OCH3 is 1. The quantitative estimate of drug-likeness (QED) is 0.696. The van der Waals surface area contributed by atoms with Crippen molar-refractivity contribution in [1.82, 2.24) is 10.9 Å². The molecule has 0 heterocycles. The highest BCUT2D eigenvalue weighted by atomic mass is 16.5. The molecule has 0 radical (unpaired) electrons. The lowest BCUT2D eigenvalue weighted by atomic mass is 10.2. The fourth-order valence-electron chi connectivity index (χ4n) is 2.33. The number of amides is 2. The predicted octanol–water partition coefficient (Wildman–Crippen LogP) is 2.96. The number of rotatable bonds is 8. The summed E-state index contributed by atoms with van der Waals surface area (Å²) in [6.07, 6.45) is 0.862. The van der Waals surface area contributed by atoms with Gasteiger partial charge < -0.3 is 14.2 Å². The van der Waals surface area contributed by atoms with Crippen LogP contribution in [-0.4, -0.2) is 32.1 Å². The van der Waals surface area contributed by atoms with E-state index in [2.05, 4.69) is 10.9 Å². The number of hydrogen-bond donors (Lipinski definition) is 2. The van der Waals surface area contributed by atoms with Crippen LogP contribution >= 0.6 is 0 Å². The molecule has 0 atom stereocenters. The average Bonchev–Trinajstić information content (AvgIpc) is 2.70. The van der Waals surface area contributed by atoms with Crippen LogP contribution in [0.5, 0.6) is 17.2 Å². The minimum absolute atomic E-state index is 0.328. The molecule has 0 aliphatic heterocycles. The van der Waals surface area contributed by atoms with Crippen molar-refractivity contribution in [2.24, 2.45) is 0 Å². The molecule has 0 saturated heterocycles. The molecule has 0 aromatic heterocycles. The maximum absolute atomic E-state index is 12.3. The standard InChI is InChI=1S/C20H24N2O5/c1-4-12-27-17-11-10-14(13-18(17)25-3)19(23)21-22-20(24)15-8-6-7-9-16(15)26-5-2/h6-11,13H,4-5,12H2,1-3H3,(H,21,23)(H,22,24). The summed E-state index contributed by atoms with van der Waals surface area (Å²) < 4.78 is 16.2. The molecular formula is C20H24N2O5. The lowest BCUT2D eigenvalue weighted by Crippen LogP contribution is -2.41. The molecule has 0 bridgehead atoms. The van der Waals surface area contributed by atoms with Crippen LogP contribution in [-0.2, 0) is 0 Å². The van der Waals surface area contributed by atoms with E-state index in [4.69, 9.17) is 14.2 Å². The van der Waals surface area contributed by atoms with Crippen molar-refractivity contribution in [3.63, 3.8) is 0 Å². The van der Waals surface area contributed by atoms with E-state index in [1.54, 1.807) is 42.5 Å². The number of nitrogens with one attached hydrogen (secondary N) is 2. The van der Waals surface area contributed by atoms with Gasteiger partial charge in [0.2, 0.25) is 0 Å². The van der Waals surface area contributed by atoms with Gasteiger partial charge in [0.05, 0.1) is 25.9 Å². The van der Waals surface area contributed by atoms with Gasteiger partial charge in [-0.3, -0.25) is 20.4 Å². The number of para-hydroxylation sites is 1. The van der Waals surface area contributed by atoms with Crippen molar-refractivity contribution in [1.29, 1.82) is 0 Å². The summed E-state index contributed by atoms with van der Waals surface area (Å²) in [6.45, 7) is 4.82. The summed E-state index contributed by atoms with van der Waals surface area (Å²) in [7, 11) is 1.50. The van der Waals surface area contributed by atoms with Crippen LogP contribution in [0.4, 0.5) is 0 Å². The molecule has 0 aliphatic rings. The first-order valence-electron chi connectivity index (χ1n) is 8.74. The Labute approximate surface area is 158 Å². The number of carbonyl (C=O) groups is 2. The molecule has 7 nitrogen and oxygen atoms in total. The second-order valence-corrected chi connectivity index (χ2v) is 5.55. The zero-order valence-corrected chi connectivity index (χ0v) is 15.7. The van der Waals surface area contributed by atoms with Crippen molar-refractivity contribution in [2.75, 3.05) is 20.3 Å². The van der Waals surface area contributed by atoms with Gasteiger partial charge in [0.1, 0.15) is 5.75 Å². The molecular weight excluding hydrogens is 348 g/mol. The first-order valence-corrected chi connectivity index (χ1v) is 8.74. The van der Waals surface area contributed by atoms with Gasteiger partial charge >= 0.3 is 0 Å². The van der Waals surface area contributed by atoms with Crippen molar-refractivity contribution in [3.8, 4) is 17.2 Å². The molecule has 0 saturated carbocycles. The highest BCUT2D eigenvalue weighted by molar-refractivity contribution is 6.00. The molecule has 0 aliphatic carbocycles. The van der Waals surface area contributed by atoms with Crippen LogP contribution in [0.15, 0.2) is 42.5 Å². The second kappa shape index (κ2) is 10.1. The Kier molecular flexibility index (Phi) is 7.49. The average molecular weight is 372 g/mol. The lowest BCUT2D eigenvalue weighted by molar-refractivity contribution is 0.0844. The molecule has 0 spiro atoms. The minimum atomic E-state index is -0.474. The van der Waals surface area contributed by atoms with Gasteiger partial charge in [-0.1, -0.05) is 19.1 Å². The molecule has 2 aromatic carbocycles. The first-order chi connectivity index (χ1) is 13.1. The Bertz CT molecular complexity index is 792. The van der Waals surface area contributed by atoms with E-state index < -0.39 is 11.8 Å². The smallest absolute Gasteiger partial charge is 0.273 e. The third kappa shape index (κ3) is 5.37. The molecule has 2 rings (SSSR count). The fraction of sp³-hybridized carbons (Fsp3) is 0.300. The molecule has 144 valence electrons. The zero-order valence-electron chi connectivity index (χ0n) is 15.7. The van der Waals surface area contributed by atoms with Gasteiger partial charge in [-0.15, -0.1) is 0 Å². The Morgan fingerprint density at radius 1 is 0.889 bits per heavy atom. The Morgan fingerprint density at radius 2 is 1.63 bits per heavy atom. The number of hydrogen-bond acceptors (Lipinski definition) is 5. The van der Waals surface area contributed by atoms with Crippen LogP contribution in [0.25, 0.3) is 0 Å². The fourth-order valence-corrected chi connectivity index (χ4v) is 2.33. The van der Waals surface area contributed by atoms with Gasteiger partial charge in [-0.2, -0.15) is 0 Å². The van der Waals surface area contributed by atoms with E-state index in [1.165, 1.54) is 7.11 Å². The highest BCUT2D eigenvalue weighted by Crippen LogP contribution is 2.28. The van der Waals surface area contributed by atoms with E-state index in [-0.39, 0.29) is 0 Å². The van der Waals surface area contributed by atoms with Crippen LogP contribution in [0.3, 0.4) is 0 Å². The van der Waals surface area contributed by atoms with E-state index in [0.29, 0.717) is 41.6 Å². The molecule has 0 unspecified atom stereocenters. The summed E-state index contributed by atoms with van der Waals surface area (Å²) in [5.41, 5.74) is 5.44. The maximum Gasteiger partial charge on any atom is 0.273 e. The van der Waals surface area contributed by atoms with E-state index in [1.807, 2.05) is 13.8 Å². The van der Waals surface area contributed by atoms with Gasteiger partial charge in [0.25, 0.3) is 11.8 Å². The number of ether oxygens (including phenoxy) is 3. The molecule has 2 N–H and O–H groups in total. The van der Waals surface area contributed by atoms with E-state index in [9.17, 15) is 9.59 Å². The van der Waals surface area contributed by atoms with Crippen molar-refractivity contribution >= 4 is 11.8 Å². The predicted molar refractivity (Wildman–Crippen MR) is 101 cm³/mol. The summed E-state index contributed by atoms with van der Waals surface area (Å²) >= 11 is 0. The number of benzene rings is 2. The summed E-state index contributed by atoms with van der Waals surface area (Å²) in [5, 5.41) is 0. The third-order valence-corrected chi connectivity index (χ3v) is 3.61. The normalized spacial score (nSPS) is 10.0. The largest absolute Gasteiger partial charge is 0.493 e. The van der Waals surface area contributed by atoms with E-state index >= 15 is 0 Å². The van der Waals surface area contributed by atoms with Crippen LogP contribution in [0.2, 0.25) is 0 Å². The maximum atomic E-state index is 12.3. The second-order valence-electron chi connectivity index (χ2n) is 5.55. The van der Waals surface area contributed by atoms with Crippen molar-refractivity contribution in [2.45, 2.75) is 20.3 Å². The van der Waals surface area contributed by atoms with Gasteiger partial charge in [0.15, 0.2) is 11.5 Å². The molecule has 27 heavy (non-hydrogen) atoms. The Morgan fingerprint density at radius 3 is 2.33 bits per heavy atom. The summed E-state index contributed by atoms with van der Waals surface area (Å²) in [5.74, 6) is 0.514. The van der Waals surface area contributed by atoms with Crippen LogP contribution in [0, 0.1) is 0 Å². The van der Waals surface area contributed by atoms with E-state index in [0.717, 1.165) is 6.42 Å². The molecule has 2 amide bonds. The Balaban J connectivity index is 2.04. The van der Waals surface area contributed by atoms with Crippen molar-refractivity contribution < 1.29 is 23.8 Å². The topological polar surface area (TPSA) is 85.9 Å². The summed E-state index contributed by atoms with van der Waals surface area (Å²) in [6, 6.07) is 11.6. The molecule has 0 fully saturated rings. The van der Waals surface area contributed by atoms with Crippen LogP contribution in [0.1, 0.15) is 41.0 Å².